The van der Waals surface area contributed by atoms with E-state index in [0.29, 0.717) is 17.5 Å². The Morgan fingerprint density at radius 3 is 1.86 bits per heavy atom. The van der Waals surface area contributed by atoms with Gasteiger partial charge in [-0.3, -0.25) is 0 Å². The van der Waals surface area contributed by atoms with Gasteiger partial charge in [0.25, 0.3) is 0 Å². The third-order valence-electron chi connectivity index (χ3n) is 9.96. The number of H-pyrrole nitrogens is 1. The van der Waals surface area contributed by atoms with Gasteiger partial charge >= 0.3 is 0 Å². The summed E-state index contributed by atoms with van der Waals surface area (Å²) in [6.07, 6.45) is 0. The molecule has 238 valence electrons. The van der Waals surface area contributed by atoms with Crippen LogP contribution in [0.2, 0.25) is 0 Å². The maximum absolute atomic E-state index is 6.73. The number of para-hydroxylation sites is 4. The first kappa shape index (κ1) is 27.9. The number of aromatic amines is 1. The summed E-state index contributed by atoms with van der Waals surface area (Å²) in [4.78, 5) is 21.7. The van der Waals surface area contributed by atoms with E-state index in [1.54, 1.807) is 0 Å². The van der Waals surface area contributed by atoms with Crippen LogP contribution in [-0.4, -0.2) is 19.9 Å². The van der Waals surface area contributed by atoms with Crippen LogP contribution in [0.5, 0.6) is 0 Å². The van der Waals surface area contributed by atoms with Gasteiger partial charge in [-0.15, -0.1) is 0 Å². The zero-order valence-electron chi connectivity index (χ0n) is 27.2. The van der Waals surface area contributed by atoms with Gasteiger partial charge in [0, 0.05) is 55.2 Å². The zero-order valence-corrected chi connectivity index (χ0v) is 27.2. The Kier molecular flexibility index (Phi) is 5.86. The van der Waals surface area contributed by atoms with Gasteiger partial charge in [0.15, 0.2) is 23.1 Å². The molecule has 6 heteroatoms. The van der Waals surface area contributed by atoms with Crippen molar-refractivity contribution in [3.8, 4) is 45.3 Å². The average Bonchev–Trinajstić information content (AvgIpc) is 3.77. The summed E-state index contributed by atoms with van der Waals surface area (Å²) in [5, 5.41) is 4.29. The van der Waals surface area contributed by atoms with E-state index in [1.165, 1.54) is 0 Å². The second-order valence-corrected chi connectivity index (χ2v) is 12.9. The van der Waals surface area contributed by atoms with E-state index in [0.717, 1.165) is 88.6 Å². The number of rotatable bonds is 2. The second-order valence-electron chi connectivity index (χ2n) is 12.9. The number of nitrogens with zero attached hydrogens (tertiary/aromatic N) is 4. The zero-order chi connectivity index (χ0) is 33.5. The monoisotopic (exact) mass is 653 g/mol. The maximum atomic E-state index is 6.73. The summed E-state index contributed by atoms with van der Waals surface area (Å²) in [6, 6.07) is 54.7. The van der Waals surface area contributed by atoms with Gasteiger partial charge in [0.05, 0.1) is 16.7 Å². The molecule has 0 saturated carbocycles. The van der Waals surface area contributed by atoms with Gasteiger partial charge < -0.3 is 14.3 Å². The molecule has 0 spiro atoms. The van der Waals surface area contributed by atoms with Gasteiger partial charge in [-0.1, -0.05) is 109 Å². The molecule has 1 aliphatic heterocycles. The molecule has 0 unspecified atom stereocenters. The van der Waals surface area contributed by atoms with Crippen LogP contribution < -0.4 is 4.90 Å². The average molecular weight is 654 g/mol. The standard InChI is InChI=1S/C45H27N5O/c1-3-12-27(13-4-1)43-47-44-29-25-37-33-18-7-8-23-39(33)51-42(37)38(26-29)50(30-15-5-2-6-16-30)31-17-9-14-28(24-31)32-19-10-20-34-35-21-11-22-36(45(48-43)49-44)41(35)46-40(32)34/h1-26,46H. The van der Waals surface area contributed by atoms with Crippen LogP contribution in [0.1, 0.15) is 0 Å². The van der Waals surface area contributed by atoms with Crippen molar-refractivity contribution in [3.63, 3.8) is 0 Å². The van der Waals surface area contributed by atoms with Crippen molar-refractivity contribution < 1.29 is 4.42 Å². The fourth-order valence-corrected chi connectivity index (χ4v) is 7.64. The molecule has 6 nitrogen and oxygen atoms in total. The molecule has 0 saturated heterocycles. The highest BCUT2D eigenvalue weighted by atomic mass is 16.3. The lowest BCUT2D eigenvalue weighted by atomic mass is 10.00. The van der Waals surface area contributed by atoms with Crippen LogP contribution in [0, 0.1) is 0 Å². The van der Waals surface area contributed by atoms with E-state index in [-0.39, 0.29) is 0 Å². The van der Waals surface area contributed by atoms with Crippen molar-refractivity contribution in [2.75, 3.05) is 4.90 Å². The minimum absolute atomic E-state index is 0.581. The van der Waals surface area contributed by atoms with E-state index in [4.69, 9.17) is 19.4 Å². The summed E-state index contributed by atoms with van der Waals surface area (Å²) in [5.41, 5.74) is 11.5. The summed E-state index contributed by atoms with van der Waals surface area (Å²) in [7, 11) is 0. The van der Waals surface area contributed by atoms with Crippen molar-refractivity contribution in [1.82, 2.24) is 19.9 Å². The molecule has 0 radical (unpaired) electrons. The first-order valence-corrected chi connectivity index (χ1v) is 17.0. The topological polar surface area (TPSA) is 70.8 Å². The third kappa shape index (κ3) is 4.26. The Hall–Kier alpha value is -7.05. The smallest absolute Gasteiger partial charge is 0.166 e. The van der Waals surface area contributed by atoms with Crippen molar-refractivity contribution in [2.45, 2.75) is 0 Å². The van der Waals surface area contributed by atoms with Crippen molar-refractivity contribution in [1.29, 1.82) is 0 Å². The summed E-state index contributed by atoms with van der Waals surface area (Å²) < 4.78 is 6.73. The van der Waals surface area contributed by atoms with Crippen LogP contribution in [0.4, 0.5) is 17.1 Å². The molecular weight excluding hydrogens is 627 g/mol. The molecule has 3 aromatic heterocycles. The first-order valence-electron chi connectivity index (χ1n) is 17.0. The minimum atomic E-state index is 0.581. The van der Waals surface area contributed by atoms with E-state index in [1.807, 2.05) is 48.5 Å². The highest BCUT2D eigenvalue weighted by molar-refractivity contribution is 6.16. The Morgan fingerprint density at radius 2 is 1.04 bits per heavy atom. The molecule has 0 aliphatic carbocycles. The molecule has 0 fully saturated rings. The summed E-state index contributed by atoms with van der Waals surface area (Å²) >= 11 is 0. The molecular formula is C45H27N5O. The van der Waals surface area contributed by atoms with Crippen LogP contribution in [0.3, 0.4) is 0 Å². The number of anilines is 3. The molecule has 0 amide bonds. The second kappa shape index (κ2) is 10.7. The lowest BCUT2D eigenvalue weighted by Gasteiger charge is -2.26. The van der Waals surface area contributed by atoms with Gasteiger partial charge in [0.1, 0.15) is 5.58 Å². The summed E-state index contributed by atoms with van der Waals surface area (Å²) in [5.74, 6) is 1.79. The van der Waals surface area contributed by atoms with Gasteiger partial charge in [-0.25, -0.2) is 15.0 Å². The SMILES string of the molecule is c1ccc(-c2nc3nc(n2)-c2cccc4c2[nH]c2c(cccc24)-c2cccc(c2)N(c2ccccc2)c2cc-3cc3c2oc2ccccc23)cc1. The van der Waals surface area contributed by atoms with Gasteiger partial charge in [-0.05, 0) is 54.1 Å². The molecule has 11 rings (SSSR count). The number of aromatic nitrogens is 4. The van der Waals surface area contributed by atoms with E-state index < -0.39 is 0 Å². The fourth-order valence-electron chi connectivity index (χ4n) is 7.64. The molecule has 8 bridgehead atoms. The molecule has 1 aliphatic rings. The van der Waals surface area contributed by atoms with Crippen LogP contribution in [-0.2, 0) is 0 Å². The molecule has 51 heavy (non-hydrogen) atoms. The predicted molar refractivity (Wildman–Crippen MR) is 206 cm³/mol. The molecule has 0 atom stereocenters. The van der Waals surface area contributed by atoms with Crippen LogP contribution in [0.15, 0.2) is 162 Å². The molecule has 4 heterocycles. The van der Waals surface area contributed by atoms with Crippen molar-refractivity contribution in [3.05, 3.63) is 158 Å². The lowest BCUT2D eigenvalue weighted by Crippen LogP contribution is -2.11. The first-order chi connectivity index (χ1) is 25.3. The Balaban J connectivity index is 1.33. The lowest BCUT2D eigenvalue weighted by molar-refractivity contribution is 0.669. The summed E-state index contributed by atoms with van der Waals surface area (Å²) in [6.45, 7) is 0. The largest absolute Gasteiger partial charge is 0.454 e. The van der Waals surface area contributed by atoms with Gasteiger partial charge in [0.2, 0.25) is 0 Å². The normalized spacial score (nSPS) is 12.3. The van der Waals surface area contributed by atoms with Crippen molar-refractivity contribution >= 4 is 60.8 Å². The minimum Gasteiger partial charge on any atom is -0.454 e. The Morgan fingerprint density at radius 1 is 0.431 bits per heavy atom. The number of benzene rings is 7. The highest BCUT2D eigenvalue weighted by Crippen LogP contribution is 2.46. The quantitative estimate of drug-likeness (QED) is 0.201. The molecule has 7 aromatic carbocycles. The highest BCUT2D eigenvalue weighted by Gasteiger charge is 2.24. The Bertz CT molecular complexity index is 2980. The number of nitrogens with one attached hydrogen (secondary N) is 1. The third-order valence-corrected chi connectivity index (χ3v) is 9.96. The Labute approximate surface area is 292 Å². The van der Waals surface area contributed by atoms with E-state index >= 15 is 0 Å². The fraction of sp³-hybridized carbons (Fsp3) is 0. The predicted octanol–water partition coefficient (Wildman–Crippen LogP) is 11.9. The number of hydrogen-bond acceptors (Lipinski definition) is 5. The maximum Gasteiger partial charge on any atom is 0.166 e. The number of furan rings is 1. The van der Waals surface area contributed by atoms with Gasteiger partial charge in [-0.2, -0.15) is 0 Å². The number of hydrogen-bond donors (Lipinski definition) is 1. The van der Waals surface area contributed by atoms with Crippen LogP contribution >= 0.6 is 0 Å². The number of fused-ring (bicyclic) bond motifs is 14. The van der Waals surface area contributed by atoms with E-state index in [2.05, 4.69) is 119 Å². The van der Waals surface area contributed by atoms with E-state index in [9.17, 15) is 0 Å². The molecule has 10 aromatic rings. The van der Waals surface area contributed by atoms with Crippen LogP contribution in [0.25, 0.3) is 89.0 Å². The molecule has 1 N–H and O–H groups in total. The van der Waals surface area contributed by atoms with Crippen molar-refractivity contribution in [2.24, 2.45) is 0 Å².